The van der Waals surface area contributed by atoms with E-state index in [0.29, 0.717) is 6.61 Å². The monoisotopic (exact) mass is 347 g/mol. The number of fused-ring (bicyclic) bond motifs is 1. The Balaban J connectivity index is 1.98. The number of aromatic nitrogens is 3. The summed E-state index contributed by atoms with van der Waals surface area (Å²) in [6.45, 7) is 13.5. The van der Waals surface area contributed by atoms with Crippen LogP contribution in [0.3, 0.4) is 0 Å². The maximum atomic E-state index is 6.06. The summed E-state index contributed by atoms with van der Waals surface area (Å²) in [5.41, 5.74) is 8.02. The van der Waals surface area contributed by atoms with Gasteiger partial charge in [-0.3, -0.25) is 9.55 Å². The molecule has 2 aromatic heterocycles. The Bertz CT molecular complexity index is 991. The van der Waals surface area contributed by atoms with Crippen LogP contribution in [0.25, 0.3) is 17.1 Å². The summed E-state index contributed by atoms with van der Waals surface area (Å²) in [5, 5.41) is 0. The van der Waals surface area contributed by atoms with Crippen LogP contribution in [-0.4, -0.2) is 21.1 Å². The normalized spacial score (nSPS) is 15.0. The van der Waals surface area contributed by atoms with Crippen LogP contribution in [0.4, 0.5) is 0 Å². The molecule has 3 aromatic rings. The maximum Gasteiger partial charge on any atom is 0.152 e. The van der Waals surface area contributed by atoms with Crippen molar-refractivity contribution >= 4 is 0 Å². The van der Waals surface area contributed by atoms with Crippen LogP contribution in [0.5, 0.6) is 5.75 Å². The summed E-state index contributed by atoms with van der Waals surface area (Å²) in [4.78, 5) is 9.34. The Kier molecular flexibility index (Phi) is 3.69. The molecule has 0 saturated heterocycles. The lowest BCUT2D eigenvalue weighted by molar-refractivity contribution is 0.291. The summed E-state index contributed by atoms with van der Waals surface area (Å²) in [6, 6.07) is 6.46. The molecule has 1 aliphatic rings. The van der Waals surface area contributed by atoms with Gasteiger partial charge in [-0.15, -0.1) is 0 Å². The lowest BCUT2D eigenvalue weighted by atomic mass is 9.90. The van der Waals surface area contributed by atoms with E-state index in [-0.39, 0.29) is 5.41 Å². The van der Waals surface area contributed by atoms with Crippen molar-refractivity contribution in [1.82, 2.24) is 14.5 Å². The molecule has 0 atom stereocenters. The topological polar surface area (TPSA) is 39.9 Å². The Hall–Kier alpha value is -2.62. The van der Waals surface area contributed by atoms with Crippen LogP contribution >= 0.6 is 0 Å². The zero-order valence-electron chi connectivity index (χ0n) is 16.3. The molecule has 0 amide bonds. The van der Waals surface area contributed by atoms with Crippen molar-refractivity contribution in [3.8, 4) is 22.8 Å². The van der Waals surface area contributed by atoms with E-state index in [9.17, 15) is 0 Å². The zero-order valence-corrected chi connectivity index (χ0v) is 16.3. The van der Waals surface area contributed by atoms with E-state index in [0.717, 1.165) is 28.5 Å². The van der Waals surface area contributed by atoms with Crippen molar-refractivity contribution in [3.63, 3.8) is 0 Å². The number of rotatable bonds is 2. The lowest BCUT2D eigenvalue weighted by Crippen LogP contribution is -2.19. The highest BCUT2D eigenvalue weighted by Gasteiger charge is 2.36. The number of aryl methyl sites for hydroxylation is 4. The maximum absolute atomic E-state index is 6.06. The first-order chi connectivity index (χ1) is 12.3. The number of hydrogen-bond donors (Lipinski definition) is 0. The van der Waals surface area contributed by atoms with Gasteiger partial charge in [-0.2, -0.15) is 0 Å². The summed E-state index contributed by atoms with van der Waals surface area (Å²) in [6.07, 6.45) is 3.80. The van der Waals surface area contributed by atoms with E-state index in [2.05, 4.69) is 63.2 Å². The fourth-order valence-electron chi connectivity index (χ4n) is 4.01. The molecule has 1 aliphatic heterocycles. The van der Waals surface area contributed by atoms with Crippen LogP contribution in [-0.2, 0) is 5.41 Å². The third-order valence-electron chi connectivity index (χ3n) is 5.16. The molecule has 0 aliphatic carbocycles. The van der Waals surface area contributed by atoms with Crippen molar-refractivity contribution in [2.24, 2.45) is 0 Å². The molecule has 0 N–H and O–H groups in total. The smallest absolute Gasteiger partial charge is 0.152 e. The molecule has 0 saturated carbocycles. The molecule has 4 nitrogen and oxygen atoms in total. The molecule has 4 rings (SSSR count). The van der Waals surface area contributed by atoms with E-state index in [1.54, 1.807) is 0 Å². The highest BCUT2D eigenvalue weighted by molar-refractivity contribution is 5.70. The molecule has 0 radical (unpaired) electrons. The fourth-order valence-corrected chi connectivity index (χ4v) is 4.01. The van der Waals surface area contributed by atoms with Gasteiger partial charge in [-0.05, 0) is 44.9 Å². The Morgan fingerprint density at radius 2 is 1.73 bits per heavy atom. The second-order valence-electron chi connectivity index (χ2n) is 8.01. The van der Waals surface area contributed by atoms with Gasteiger partial charge in [0.25, 0.3) is 0 Å². The number of ether oxygens (including phenoxy) is 1. The van der Waals surface area contributed by atoms with Crippen LogP contribution in [0.15, 0.2) is 30.6 Å². The average molecular weight is 347 g/mol. The van der Waals surface area contributed by atoms with Crippen molar-refractivity contribution in [2.45, 2.75) is 47.0 Å². The Labute approximate surface area is 154 Å². The van der Waals surface area contributed by atoms with Gasteiger partial charge >= 0.3 is 0 Å². The van der Waals surface area contributed by atoms with Gasteiger partial charge in [0.2, 0.25) is 0 Å². The highest BCUT2D eigenvalue weighted by atomic mass is 16.5. The van der Waals surface area contributed by atoms with E-state index in [1.807, 2.05) is 18.5 Å². The third-order valence-corrected chi connectivity index (χ3v) is 5.16. The van der Waals surface area contributed by atoms with Crippen LogP contribution in [0.1, 0.15) is 41.9 Å². The Morgan fingerprint density at radius 1 is 1.04 bits per heavy atom. The lowest BCUT2D eigenvalue weighted by Gasteiger charge is -2.18. The average Bonchev–Trinajstić information content (AvgIpc) is 3.08. The van der Waals surface area contributed by atoms with Crippen molar-refractivity contribution in [2.75, 3.05) is 6.61 Å². The molecule has 4 heteroatoms. The predicted octanol–water partition coefficient (Wildman–Crippen LogP) is 4.84. The van der Waals surface area contributed by atoms with E-state index in [1.165, 1.54) is 22.4 Å². The summed E-state index contributed by atoms with van der Waals surface area (Å²) in [5.74, 6) is 1.78. The minimum Gasteiger partial charge on any atom is -0.490 e. The SMILES string of the molecule is Cc1cc(C)c(-n2c(C)cnc2-c2ccnc3c2OCC3(C)C)c(C)c1. The first kappa shape index (κ1) is 16.8. The van der Waals surface area contributed by atoms with E-state index < -0.39 is 0 Å². The number of hydrogen-bond acceptors (Lipinski definition) is 3. The quantitative estimate of drug-likeness (QED) is 0.666. The van der Waals surface area contributed by atoms with Crippen molar-refractivity contribution < 1.29 is 4.74 Å². The standard InChI is InChI=1S/C22H25N3O/c1-13-9-14(2)18(15(3)10-13)25-16(4)11-24-21(25)17-7-8-23-20-19(17)26-12-22(20,5)6/h7-11H,12H2,1-6H3. The van der Waals surface area contributed by atoms with Crippen LogP contribution < -0.4 is 4.74 Å². The summed E-state index contributed by atoms with van der Waals surface area (Å²) < 4.78 is 8.31. The van der Waals surface area contributed by atoms with E-state index >= 15 is 0 Å². The van der Waals surface area contributed by atoms with Gasteiger partial charge < -0.3 is 4.74 Å². The number of benzene rings is 1. The second kappa shape index (κ2) is 5.70. The summed E-state index contributed by atoms with van der Waals surface area (Å²) >= 11 is 0. The minimum atomic E-state index is -0.0759. The highest BCUT2D eigenvalue weighted by Crippen LogP contribution is 2.43. The van der Waals surface area contributed by atoms with Gasteiger partial charge in [0.15, 0.2) is 5.75 Å². The van der Waals surface area contributed by atoms with Crippen LogP contribution in [0, 0.1) is 27.7 Å². The van der Waals surface area contributed by atoms with Crippen LogP contribution in [0.2, 0.25) is 0 Å². The molecule has 0 fully saturated rings. The minimum absolute atomic E-state index is 0.0759. The van der Waals surface area contributed by atoms with Crippen molar-refractivity contribution in [1.29, 1.82) is 0 Å². The zero-order chi connectivity index (χ0) is 18.6. The molecule has 1 aromatic carbocycles. The van der Waals surface area contributed by atoms with Gasteiger partial charge in [0.1, 0.15) is 5.82 Å². The second-order valence-corrected chi connectivity index (χ2v) is 8.01. The molecule has 3 heterocycles. The fraction of sp³-hybridized carbons (Fsp3) is 0.364. The molecule has 0 bridgehead atoms. The third kappa shape index (κ3) is 2.44. The van der Waals surface area contributed by atoms with Gasteiger partial charge in [0.05, 0.1) is 23.6 Å². The number of nitrogens with zero attached hydrogens (tertiary/aromatic N) is 3. The summed E-state index contributed by atoms with van der Waals surface area (Å²) in [7, 11) is 0. The molecule has 0 spiro atoms. The first-order valence-electron chi connectivity index (χ1n) is 9.05. The largest absolute Gasteiger partial charge is 0.490 e. The molecular formula is C22H25N3O. The van der Waals surface area contributed by atoms with Gasteiger partial charge in [-0.1, -0.05) is 31.5 Å². The Morgan fingerprint density at radius 3 is 2.42 bits per heavy atom. The molecular weight excluding hydrogens is 322 g/mol. The van der Waals surface area contributed by atoms with Crippen molar-refractivity contribution in [3.05, 3.63) is 58.7 Å². The van der Waals surface area contributed by atoms with Gasteiger partial charge in [-0.25, -0.2) is 4.98 Å². The van der Waals surface area contributed by atoms with E-state index in [4.69, 9.17) is 9.72 Å². The predicted molar refractivity (Wildman–Crippen MR) is 104 cm³/mol. The molecule has 0 unspecified atom stereocenters. The number of pyridine rings is 1. The number of imidazole rings is 1. The molecule has 134 valence electrons. The van der Waals surface area contributed by atoms with Gasteiger partial charge in [0, 0.05) is 23.5 Å². The molecule has 26 heavy (non-hydrogen) atoms. The first-order valence-corrected chi connectivity index (χ1v) is 9.05.